The highest BCUT2D eigenvalue weighted by Crippen LogP contribution is 2.38. The van der Waals surface area contributed by atoms with Crippen molar-refractivity contribution in [1.29, 1.82) is 0 Å². The molecule has 1 aromatic carbocycles. The average Bonchev–Trinajstić information content (AvgIpc) is 2.35. The Kier molecular flexibility index (Phi) is 5.09. The summed E-state index contributed by atoms with van der Waals surface area (Å²) in [5, 5.41) is 0. The standard InChI is InChI=1S/C11H16ClNO2S/c1-13(7-12)8-5-10(15-3)11(16-4)6-9(8)14-2/h5-6H,7H2,1-4H3. The Bertz CT molecular complexity index is 360. The van der Waals surface area contributed by atoms with Crippen molar-refractivity contribution in [3.63, 3.8) is 0 Å². The third-order valence-electron chi connectivity index (χ3n) is 2.28. The maximum atomic E-state index is 5.81. The summed E-state index contributed by atoms with van der Waals surface area (Å²) in [6.07, 6.45) is 2.00. The average molecular weight is 262 g/mol. The van der Waals surface area contributed by atoms with E-state index in [4.69, 9.17) is 21.1 Å². The number of hydrogen-bond acceptors (Lipinski definition) is 4. The van der Waals surface area contributed by atoms with Crippen LogP contribution >= 0.6 is 23.4 Å². The van der Waals surface area contributed by atoms with E-state index in [1.807, 2.05) is 30.3 Å². The number of alkyl halides is 1. The van der Waals surface area contributed by atoms with Crippen LogP contribution in [-0.4, -0.2) is 33.5 Å². The molecular weight excluding hydrogens is 246 g/mol. The van der Waals surface area contributed by atoms with Crippen LogP contribution in [-0.2, 0) is 0 Å². The van der Waals surface area contributed by atoms with Crippen LogP contribution in [0.2, 0.25) is 0 Å². The fraction of sp³-hybridized carbons (Fsp3) is 0.455. The lowest BCUT2D eigenvalue weighted by atomic mass is 10.2. The number of rotatable bonds is 5. The van der Waals surface area contributed by atoms with Gasteiger partial charge in [-0.15, -0.1) is 23.4 Å². The van der Waals surface area contributed by atoms with E-state index in [0.717, 1.165) is 22.1 Å². The van der Waals surface area contributed by atoms with Crippen molar-refractivity contribution < 1.29 is 9.47 Å². The Morgan fingerprint density at radius 3 is 2.31 bits per heavy atom. The zero-order chi connectivity index (χ0) is 12.1. The lowest BCUT2D eigenvalue weighted by Gasteiger charge is -2.20. The van der Waals surface area contributed by atoms with E-state index in [-0.39, 0.29) is 0 Å². The van der Waals surface area contributed by atoms with Crippen molar-refractivity contribution in [1.82, 2.24) is 0 Å². The highest BCUT2D eigenvalue weighted by Gasteiger charge is 2.13. The second kappa shape index (κ2) is 6.11. The predicted molar refractivity (Wildman–Crippen MR) is 70.5 cm³/mol. The molecular formula is C11H16ClNO2S. The van der Waals surface area contributed by atoms with Gasteiger partial charge < -0.3 is 14.4 Å². The summed E-state index contributed by atoms with van der Waals surface area (Å²) in [6, 6.07) is 4.30. The Morgan fingerprint density at radius 1 is 1.25 bits per heavy atom. The van der Waals surface area contributed by atoms with E-state index in [1.54, 1.807) is 26.0 Å². The van der Waals surface area contributed by atoms with Gasteiger partial charge in [-0.25, -0.2) is 0 Å². The molecule has 0 amide bonds. The Labute approximate surface area is 106 Å². The van der Waals surface area contributed by atoms with E-state index in [2.05, 4.69) is 0 Å². The van der Waals surface area contributed by atoms with Crippen LogP contribution in [0.3, 0.4) is 0 Å². The molecule has 0 fully saturated rings. The molecule has 0 saturated heterocycles. The molecule has 0 heterocycles. The van der Waals surface area contributed by atoms with E-state index in [1.165, 1.54) is 0 Å². The van der Waals surface area contributed by atoms with Gasteiger partial charge in [-0.05, 0) is 12.3 Å². The Morgan fingerprint density at radius 2 is 1.88 bits per heavy atom. The Balaban J connectivity index is 3.25. The first-order valence-electron chi connectivity index (χ1n) is 4.75. The lowest BCUT2D eigenvalue weighted by molar-refractivity contribution is 0.394. The maximum Gasteiger partial charge on any atom is 0.143 e. The number of hydrogen-bond donors (Lipinski definition) is 0. The maximum absolute atomic E-state index is 5.81. The van der Waals surface area contributed by atoms with Crippen LogP contribution in [0, 0.1) is 0 Å². The third kappa shape index (κ3) is 2.68. The van der Waals surface area contributed by atoms with Crippen molar-refractivity contribution in [2.24, 2.45) is 0 Å². The number of methoxy groups -OCH3 is 2. The van der Waals surface area contributed by atoms with Gasteiger partial charge in [0.05, 0.1) is 30.8 Å². The topological polar surface area (TPSA) is 21.7 Å². The summed E-state index contributed by atoms with van der Waals surface area (Å²) >= 11 is 7.43. The van der Waals surface area contributed by atoms with Gasteiger partial charge in [0, 0.05) is 13.1 Å². The zero-order valence-corrected chi connectivity index (χ0v) is 11.5. The third-order valence-corrected chi connectivity index (χ3v) is 3.39. The van der Waals surface area contributed by atoms with E-state index in [0.29, 0.717) is 6.00 Å². The van der Waals surface area contributed by atoms with Gasteiger partial charge in [-0.1, -0.05) is 0 Å². The summed E-state index contributed by atoms with van der Waals surface area (Å²) in [7, 11) is 5.21. The summed E-state index contributed by atoms with van der Waals surface area (Å²) in [5.74, 6) is 1.63. The summed E-state index contributed by atoms with van der Waals surface area (Å²) in [6.45, 7) is 0. The molecule has 0 N–H and O–H groups in total. The molecule has 90 valence electrons. The molecule has 0 aliphatic carbocycles. The first-order valence-corrected chi connectivity index (χ1v) is 6.51. The number of anilines is 1. The highest BCUT2D eigenvalue weighted by atomic mass is 35.5. The normalized spacial score (nSPS) is 10.1. The summed E-state index contributed by atoms with van der Waals surface area (Å²) < 4.78 is 10.7. The monoisotopic (exact) mass is 261 g/mol. The molecule has 0 bridgehead atoms. The minimum absolute atomic E-state index is 0.401. The molecule has 0 saturated carbocycles. The van der Waals surface area contributed by atoms with Crippen LogP contribution in [0.15, 0.2) is 17.0 Å². The first-order chi connectivity index (χ1) is 7.67. The SMILES string of the molecule is COc1cc(N(C)CCl)c(OC)cc1SC. The lowest BCUT2D eigenvalue weighted by Crippen LogP contribution is -2.15. The Hall–Kier alpha value is -0.740. The van der Waals surface area contributed by atoms with Gasteiger partial charge in [-0.3, -0.25) is 0 Å². The van der Waals surface area contributed by atoms with Crippen molar-refractivity contribution >= 4 is 29.1 Å². The van der Waals surface area contributed by atoms with Crippen molar-refractivity contribution in [3.05, 3.63) is 12.1 Å². The molecule has 0 aliphatic heterocycles. The van der Waals surface area contributed by atoms with Gasteiger partial charge in [0.2, 0.25) is 0 Å². The van der Waals surface area contributed by atoms with E-state index < -0.39 is 0 Å². The second-order valence-corrected chi connectivity index (χ2v) is 4.28. The number of benzene rings is 1. The van der Waals surface area contributed by atoms with Crippen LogP contribution in [0.5, 0.6) is 11.5 Å². The molecule has 0 atom stereocenters. The fourth-order valence-electron chi connectivity index (χ4n) is 1.38. The van der Waals surface area contributed by atoms with Crippen LogP contribution < -0.4 is 14.4 Å². The smallest absolute Gasteiger partial charge is 0.143 e. The van der Waals surface area contributed by atoms with Crippen LogP contribution in [0.1, 0.15) is 0 Å². The minimum atomic E-state index is 0.401. The number of thioether (sulfide) groups is 1. The molecule has 1 aromatic rings. The van der Waals surface area contributed by atoms with Crippen molar-refractivity contribution in [2.75, 3.05) is 38.4 Å². The molecule has 0 radical (unpaired) electrons. The number of ether oxygens (including phenoxy) is 2. The molecule has 3 nitrogen and oxygen atoms in total. The quantitative estimate of drug-likeness (QED) is 0.461. The van der Waals surface area contributed by atoms with Gasteiger partial charge in [0.1, 0.15) is 11.5 Å². The molecule has 16 heavy (non-hydrogen) atoms. The van der Waals surface area contributed by atoms with E-state index >= 15 is 0 Å². The number of halogens is 1. The highest BCUT2D eigenvalue weighted by molar-refractivity contribution is 7.98. The van der Waals surface area contributed by atoms with Crippen molar-refractivity contribution in [3.8, 4) is 11.5 Å². The van der Waals surface area contributed by atoms with Crippen LogP contribution in [0.25, 0.3) is 0 Å². The molecule has 0 unspecified atom stereocenters. The fourth-order valence-corrected chi connectivity index (χ4v) is 2.07. The second-order valence-electron chi connectivity index (χ2n) is 3.20. The summed E-state index contributed by atoms with van der Waals surface area (Å²) in [5.41, 5.74) is 0.923. The largest absolute Gasteiger partial charge is 0.496 e. The zero-order valence-electron chi connectivity index (χ0n) is 9.91. The summed E-state index contributed by atoms with van der Waals surface area (Å²) in [4.78, 5) is 2.94. The molecule has 5 heteroatoms. The van der Waals surface area contributed by atoms with Gasteiger partial charge in [0.25, 0.3) is 0 Å². The minimum Gasteiger partial charge on any atom is -0.496 e. The number of nitrogens with zero attached hydrogens (tertiary/aromatic N) is 1. The van der Waals surface area contributed by atoms with Gasteiger partial charge in [-0.2, -0.15) is 0 Å². The molecule has 0 aliphatic rings. The van der Waals surface area contributed by atoms with Crippen molar-refractivity contribution in [2.45, 2.75) is 4.90 Å². The molecule has 0 aromatic heterocycles. The van der Waals surface area contributed by atoms with Gasteiger partial charge in [0.15, 0.2) is 0 Å². The van der Waals surface area contributed by atoms with Gasteiger partial charge >= 0.3 is 0 Å². The first kappa shape index (κ1) is 13.3. The van der Waals surface area contributed by atoms with Crippen LogP contribution in [0.4, 0.5) is 5.69 Å². The van der Waals surface area contributed by atoms with E-state index in [9.17, 15) is 0 Å². The molecule has 1 rings (SSSR count). The predicted octanol–water partition coefficient (Wildman–Crippen LogP) is 3.06. The molecule has 0 spiro atoms.